The lowest BCUT2D eigenvalue weighted by molar-refractivity contribution is 0.0000206. The van der Waals surface area contributed by atoms with Crippen LogP contribution in [0.2, 0.25) is 0 Å². The van der Waals surface area contributed by atoms with Gasteiger partial charge in [-0.25, -0.2) is 0 Å². The van der Waals surface area contributed by atoms with E-state index >= 15 is 0 Å². The Kier molecular flexibility index (Phi) is 4.38. The zero-order chi connectivity index (χ0) is 13.3. The molecule has 0 N–H and O–H groups in total. The van der Waals surface area contributed by atoms with Gasteiger partial charge in [-0.2, -0.15) is 0 Å². The first-order valence-corrected chi connectivity index (χ1v) is 7.83. The first kappa shape index (κ1) is 14.3. The molecule has 0 atom stereocenters. The Morgan fingerprint density at radius 2 is 1.61 bits per heavy atom. The number of nitrogens with zero attached hydrogens (tertiary/aromatic N) is 2. The third-order valence-corrected chi connectivity index (χ3v) is 4.63. The van der Waals surface area contributed by atoms with Crippen molar-refractivity contribution in [2.24, 2.45) is 11.3 Å². The lowest BCUT2D eigenvalue weighted by atomic mass is 9.80. The Morgan fingerprint density at radius 3 is 2.06 bits per heavy atom. The molecule has 18 heavy (non-hydrogen) atoms. The highest BCUT2D eigenvalue weighted by Crippen LogP contribution is 2.33. The molecule has 0 radical (unpaired) electrons. The van der Waals surface area contributed by atoms with Crippen LogP contribution in [0.5, 0.6) is 0 Å². The second-order valence-electron chi connectivity index (χ2n) is 7.95. The number of hydrogen-bond acceptors (Lipinski definition) is 2. The van der Waals surface area contributed by atoms with Crippen molar-refractivity contribution in [2.75, 3.05) is 26.2 Å². The van der Waals surface area contributed by atoms with E-state index in [2.05, 4.69) is 44.4 Å². The molecule has 0 aromatic heterocycles. The molecule has 0 aliphatic carbocycles. The highest BCUT2D eigenvalue weighted by atomic mass is 15.2. The van der Waals surface area contributed by atoms with Gasteiger partial charge >= 0.3 is 0 Å². The summed E-state index contributed by atoms with van der Waals surface area (Å²) in [6, 6.07) is 1.62. The molecule has 0 aromatic rings. The maximum atomic E-state index is 2.74. The summed E-state index contributed by atoms with van der Waals surface area (Å²) in [5, 5.41) is 0. The zero-order valence-corrected chi connectivity index (χ0v) is 13.1. The van der Waals surface area contributed by atoms with Gasteiger partial charge in [0, 0.05) is 25.2 Å². The molecule has 0 spiro atoms. The molecular weight excluding hydrogens is 220 g/mol. The van der Waals surface area contributed by atoms with Crippen molar-refractivity contribution >= 4 is 0 Å². The van der Waals surface area contributed by atoms with E-state index in [9.17, 15) is 0 Å². The zero-order valence-electron chi connectivity index (χ0n) is 13.1. The summed E-state index contributed by atoms with van der Waals surface area (Å²) in [7, 11) is 0. The van der Waals surface area contributed by atoms with Gasteiger partial charge in [0.05, 0.1) is 0 Å². The molecule has 106 valence electrons. The van der Waals surface area contributed by atoms with Crippen molar-refractivity contribution in [2.45, 2.75) is 66.0 Å². The summed E-state index contributed by atoms with van der Waals surface area (Å²) in [5.74, 6) is 0.966. The van der Waals surface area contributed by atoms with E-state index in [1.807, 2.05) is 0 Å². The molecule has 2 aliphatic heterocycles. The van der Waals surface area contributed by atoms with E-state index in [0.717, 1.165) is 18.0 Å². The molecule has 2 aliphatic rings. The van der Waals surface area contributed by atoms with Crippen LogP contribution in [0, 0.1) is 11.3 Å². The third kappa shape index (κ3) is 3.71. The van der Waals surface area contributed by atoms with Crippen LogP contribution in [0.1, 0.15) is 53.9 Å². The van der Waals surface area contributed by atoms with Crippen LogP contribution in [0.4, 0.5) is 0 Å². The summed E-state index contributed by atoms with van der Waals surface area (Å²) in [5.41, 5.74) is 0.512. The van der Waals surface area contributed by atoms with Gasteiger partial charge in [0.2, 0.25) is 0 Å². The molecule has 2 nitrogen and oxygen atoms in total. The average molecular weight is 252 g/mol. The van der Waals surface area contributed by atoms with Crippen molar-refractivity contribution < 1.29 is 0 Å². The lowest BCUT2D eigenvalue weighted by Crippen LogP contribution is -2.56. The fourth-order valence-corrected chi connectivity index (χ4v) is 3.67. The van der Waals surface area contributed by atoms with E-state index in [0.29, 0.717) is 5.41 Å². The predicted octanol–water partition coefficient (Wildman–Crippen LogP) is 3.23. The first-order valence-electron chi connectivity index (χ1n) is 7.83. The maximum absolute atomic E-state index is 2.74. The van der Waals surface area contributed by atoms with Gasteiger partial charge in [0.1, 0.15) is 0 Å². The lowest BCUT2D eigenvalue weighted by Gasteiger charge is -2.49. The fraction of sp³-hybridized carbons (Fsp3) is 1.00. The Labute approximate surface area is 114 Å². The Hall–Kier alpha value is -0.0800. The van der Waals surface area contributed by atoms with Crippen LogP contribution in [-0.4, -0.2) is 48.1 Å². The molecule has 0 bridgehead atoms. The van der Waals surface area contributed by atoms with E-state index in [-0.39, 0.29) is 0 Å². The van der Waals surface area contributed by atoms with Gasteiger partial charge in [0.25, 0.3) is 0 Å². The van der Waals surface area contributed by atoms with Crippen LogP contribution in [0.25, 0.3) is 0 Å². The van der Waals surface area contributed by atoms with Crippen molar-refractivity contribution in [3.63, 3.8) is 0 Å². The molecule has 2 heterocycles. The SMILES string of the molecule is CC(C)N1CCC(N2CC(CC(C)(C)C)C2)CC1. The van der Waals surface area contributed by atoms with Crippen LogP contribution in [-0.2, 0) is 0 Å². The topological polar surface area (TPSA) is 6.48 Å². The molecule has 2 fully saturated rings. The van der Waals surface area contributed by atoms with Gasteiger partial charge in [-0.15, -0.1) is 0 Å². The van der Waals surface area contributed by atoms with Gasteiger partial charge in [-0.3, -0.25) is 4.90 Å². The monoisotopic (exact) mass is 252 g/mol. The summed E-state index contributed by atoms with van der Waals surface area (Å²) in [6.45, 7) is 17.1. The van der Waals surface area contributed by atoms with E-state index in [1.165, 1.54) is 45.4 Å². The molecule has 0 amide bonds. The van der Waals surface area contributed by atoms with Crippen molar-refractivity contribution in [3.8, 4) is 0 Å². The van der Waals surface area contributed by atoms with Crippen molar-refractivity contribution in [1.82, 2.24) is 9.80 Å². The normalized spacial score (nSPS) is 25.7. The van der Waals surface area contributed by atoms with Crippen molar-refractivity contribution in [3.05, 3.63) is 0 Å². The molecular formula is C16H32N2. The van der Waals surface area contributed by atoms with Gasteiger partial charge < -0.3 is 4.90 Å². The highest BCUT2D eigenvalue weighted by molar-refractivity contribution is 4.90. The minimum atomic E-state index is 0.512. The standard InChI is InChI=1S/C16H32N2/c1-13(2)17-8-6-15(7-9-17)18-11-14(12-18)10-16(3,4)5/h13-15H,6-12H2,1-5H3. The summed E-state index contributed by atoms with van der Waals surface area (Å²) < 4.78 is 0. The smallest absolute Gasteiger partial charge is 0.0120 e. The fourth-order valence-electron chi connectivity index (χ4n) is 3.67. The molecule has 0 aromatic carbocycles. The Morgan fingerprint density at radius 1 is 1.06 bits per heavy atom. The minimum Gasteiger partial charge on any atom is -0.301 e. The van der Waals surface area contributed by atoms with Gasteiger partial charge in [-0.1, -0.05) is 20.8 Å². The Bertz CT molecular complexity index is 253. The number of likely N-dealkylation sites (tertiary alicyclic amines) is 2. The molecule has 2 rings (SSSR count). The van der Waals surface area contributed by atoms with Gasteiger partial charge in [0.15, 0.2) is 0 Å². The molecule has 0 unspecified atom stereocenters. The summed E-state index contributed by atoms with van der Waals surface area (Å²) in [4.78, 5) is 5.37. The van der Waals surface area contributed by atoms with Crippen LogP contribution in [0.15, 0.2) is 0 Å². The Balaban J connectivity index is 1.68. The maximum Gasteiger partial charge on any atom is 0.0120 e. The minimum absolute atomic E-state index is 0.512. The molecule has 2 saturated heterocycles. The molecule has 2 heteroatoms. The average Bonchev–Trinajstić information content (AvgIpc) is 2.22. The second kappa shape index (κ2) is 5.50. The third-order valence-electron chi connectivity index (χ3n) is 4.63. The highest BCUT2D eigenvalue weighted by Gasteiger charge is 2.35. The van der Waals surface area contributed by atoms with Crippen LogP contribution < -0.4 is 0 Å². The quantitative estimate of drug-likeness (QED) is 0.761. The number of hydrogen-bond donors (Lipinski definition) is 0. The molecule has 0 saturated carbocycles. The second-order valence-corrected chi connectivity index (χ2v) is 7.95. The van der Waals surface area contributed by atoms with E-state index < -0.39 is 0 Å². The van der Waals surface area contributed by atoms with Crippen LogP contribution in [0.3, 0.4) is 0 Å². The largest absolute Gasteiger partial charge is 0.301 e. The van der Waals surface area contributed by atoms with Crippen LogP contribution >= 0.6 is 0 Å². The first-order chi connectivity index (χ1) is 8.35. The van der Waals surface area contributed by atoms with Gasteiger partial charge in [-0.05, 0) is 57.5 Å². The van der Waals surface area contributed by atoms with E-state index in [1.54, 1.807) is 0 Å². The summed E-state index contributed by atoms with van der Waals surface area (Å²) >= 11 is 0. The number of piperidine rings is 1. The number of rotatable bonds is 3. The summed E-state index contributed by atoms with van der Waals surface area (Å²) in [6.07, 6.45) is 4.18. The van der Waals surface area contributed by atoms with E-state index in [4.69, 9.17) is 0 Å². The van der Waals surface area contributed by atoms with Crippen molar-refractivity contribution in [1.29, 1.82) is 0 Å². The predicted molar refractivity (Wildman–Crippen MR) is 78.9 cm³/mol.